The average molecular weight is 321 g/mol. The molecule has 0 spiro atoms. The number of rotatable bonds is 6. The molecule has 1 unspecified atom stereocenters. The van der Waals surface area contributed by atoms with E-state index < -0.39 is 5.97 Å². The Bertz CT molecular complexity index is 626. The van der Waals surface area contributed by atoms with Gasteiger partial charge in [-0.3, -0.25) is 4.79 Å². The van der Waals surface area contributed by atoms with E-state index >= 15 is 0 Å². The molecular formula is C15H15NO3S2. The van der Waals surface area contributed by atoms with Crippen LogP contribution in [0.5, 0.6) is 0 Å². The predicted molar refractivity (Wildman–Crippen MR) is 84.9 cm³/mol. The lowest BCUT2D eigenvalue weighted by Gasteiger charge is -2.13. The van der Waals surface area contributed by atoms with E-state index in [2.05, 4.69) is 5.32 Å². The SMILES string of the molecule is CC(Sc1ccccc1C(=O)O)C(=O)NCc1cccs1. The standard InChI is InChI=1S/C15H15NO3S2/c1-10(14(17)16-9-11-5-4-8-20-11)21-13-7-3-2-6-12(13)15(18)19/h2-8,10H,9H2,1H3,(H,16,17)(H,18,19). The molecular weight excluding hydrogens is 306 g/mol. The van der Waals surface area contributed by atoms with Crippen molar-refractivity contribution in [1.29, 1.82) is 0 Å². The van der Waals surface area contributed by atoms with Gasteiger partial charge >= 0.3 is 5.97 Å². The zero-order valence-corrected chi connectivity index (χ0v) is 13.0. The average Bonchev–Trinajstić information content (AvgIpc) is 2.98. The van der Waals surface area contributed by atoms with Crippen LogP contribution in [0.3, 0.4) is 0 Å². The molecule has 1 atom stereocenters. The van der Waals surface area contributed by atoms with Crippen LogP contribution >= 0.6 is 23.1 Å². The Morgan fingerprint density at radius 2 is 2.05 bits per heavy atom. The molecule has 0 saturated carbocycles. The van der Waals surface area contributed by atoms with Crippen molar-refractivity contribution >= 4 is 35.0 Å². The second-order valence-electron chi connectivity index (χ2n) is 4.36. The molecule has 110 valence electrons. The maximum absolute atomic E-state index is 12.0. The number of hydrogen-bond acceptors (Lipinski definition) is 4. The van der Waals surface area contributed by atoms with Crippen molar-refractivity contribution in [3.63, 3.8) is 0 Å². The molecule has 0 saturated heterocycles. The molecule has 2 aromatic rings. The highest BCUT2D eigenvalue weighted by Gasteiger charge is 2.18. The number of benzene rings is 1. The van der Waals surface area contributed by atoms with Crippen LogP contribution in [0.1, 0.15) is 22.2 Å². The minimum atomic E-state index is -0.982. The van der Waals surface area contributed by atoms with Gasteiger partial charge in [0.1, 0.15) is 0 Å². The molecule has 6 heteroatoms. The summed E-state index contributed by atoms with van der Waals surface area (Å²) in [6.07, 6.45) is 0. The lowest BCUT2D eigenvalue weighted by Crippen LogP contribution is -2.30. The fourth-order valence-corrected chi connectivity index (χ4v) is 3.38. The molecule has 0 aliphatic rings. The third-order valence-corrected chi connectivity index (χ3v) is 4.86. The highest BCUT2D eigenvalue weighted by Crippen LogP contribution is 2.27. The van der Waals surface area contributed by atoms with Gasteiger partial charge in [-0.1, -0.05) is 18.2 Å². The van der Waals surface area contributed by atoms with Crippen molar-refractivity contribution in [3.8, 4) is 0 Å². The first-order valence-corrected chi connectivity index (χ1v) is 8.13. The van der Waals surface area contributed by atoms with Crippen LogP contribution in [-0.2, 0) is 11.3 Å². The predicted octanol–water partition coefficient (Wildman–Crippen LogP) is 3.24. The van der Waals surface area contributed by atoms with Crippen LogP contribution in [-0.4, -0.2) is 22.2 Å². The number of carboxylic acid groups (broad SMARTS) is 1. The van der Waals surface area contributed by atoms with E-state index in [9.17, 15) is 9.59 Å². The molecule has 2 rings (SSSR count). The molecule has 0 radical (unpaired) electrons. The Kier molecular flexibility index (Phi) is 5.41. The van der Waals surface area contributed by atoms with E-state index in [0.29, 0.717) is 11.4 Å². The molecule has 1 heterocycles. The van der Waals surface area contributed by atoms with Crippen LogP contribution in [0.25, 0.3) is 0 Å². The maximum atomic E-state index is 12.0. The van der Waals surface area contributed by atoms with Crippen molar-refractivity contribution in [2.24, 2.45) is 0 Å². The van der Waals surface area contributed by atoms with E-state index in [4.69, 9.17) is 5.11 Å². The Balaban J connectivity index is 1.96. The van der Waals surface area contributed by atoms with Gasteiger partial charge in [0.2, 0.25) is 5.91 Å². The molecule has 0 fully saturated rings. The molecule has 1 aromatic carbocycles. The van der Waals surface area contributed by atoms with Crippen molar-refractivity contribution in [2.75, 3.05) is 0 Å². The first-order valence-electron chi connectivity index (χ1n) is 6.37. The van der Waals surface area contributed by atoms with Gasteiger partial charge in [0, 0.05) is 9.77 Å². The smallest absolute Gasteiger partial charge is 0.336 e. The maximum Gasteiger partial charge on any atom is 0.336 e. The Hall–Kier alpha value is -1.79. The van der Waals surface area contributed by atoms with Gasteiger partial charge in [-0.25, -0.2) is 4.79 Å². The fourth-order valence-electron chi connectivity index (χ4n) is 1.72. The van der Waals surface area contributed by atoms with Gasteiger partial charge in [-0.2, -0.15) is 0 Å². The first kappa shape index (κ1) is 15.6. The largest absolute Gasteiger partial charge is 0.478 e. The summed E-state index contributed by atoms with van der Waals surface area (Å²) in [6, 6.07) is 10.6. The highest BCUT2D eigenvalue weighted by atomic mass is 32.2. The van der Waals surface area contributed by atoms with Gasteiger partial charge in [-0.15, -0.1) is 23.1 Å². The van der Waals surface area contributed by atoms with Crippen LogP contribution in [0.4, 0.5) is 0 Å². The number of carboxylic acids is 1. The molecule has 0 bridgehead atoms. The fraction of sp³-hybridized carbons (Fsp3) is 0.200. The minimum absolute atomic E-state index is 0.103. The summed E-state index contributed by atoms with van der Waals surface area (Å²) < 4.78 is 0. The van der Waals surface area contributed by atoms with Gasteiger partial charge in [-0.05, 0) is 30.5 Å². The van der Waals surface area contributed by atoms with Gasteiger partial charge in [0.25, 0.3) is 0 Å². The molecule has 1 aromatic heterocycles. The second kappa shape index (κ2) is 7.28. The minimum Gasteiger partial charge on any atom is -0.478 e. The second-order valence-corrected chi connectivity index (χ2v) is 6.77. The monoisotopic (exact) mass is 321 g/mol. The number of nitrogens with one attached hydrogen (secondary N) is 1. The lowest BCUT2D eigenvalue weighted by molar-refractivity contribution is -0.120. The van der Waals surface area contributed by atoms with E-state index in [1.807, 2.05) is 17.5 Å². The summed E-state index contributed by atoms with van der Waals surface area (Å²) in [6.45, 7) is 2.27. The molecule has 4 nitrogen and oxygen atoms in total. The lowest BCUT2D eigenvalue weighted by atomic mass is 10.2. The summed E-state index contributed by atoms with van der Waals surface area (Å²) in [5.74, 6) is -1.09. The molecule has 0 aliphatic heterocycles. The van der Waals surface area contributed by atoms with E-state index in [-0.39, 0.29) is 16.7 Å². The molecule has 0 aliphatic carbocycles. The van der Waals surface area contributed by atoms with Crippen molar-refractivity contribution in [2.45, 2.75) is 23.6 Å². The Labute approximate surface area is 131 Å². The molecule has 21 heavy (non-hydrogen) atoms. The quantitative estimate of drug-likeness (QED) is 0.802. The number of thiophene rings is 1. The van der Waals surface area contributed by atoms with Gasteiger partial charge in [0.05, 0.1) is 17.4 Å². The summed E-state index contributed by atoms with van der Waals surface area (Å²) >= 11 is 2.84. The van der Waals surface area contributed by atoms with Crippen LogP contribution in [0, 0.1) is 0 Å². The first-order chi connectivity index (χ1) is 10.1. The topological polar surface area (TPSA) is 66.4 Å². The van der Waals surface area contributed by atoms with E-state index in [1.54, 1.807) is 42.5 Å². The normalized spacial score (nSPS) is 11.9. The zero-order chi connectivity index (χ0) is 15.2. The van der Waals surface area contributed by atoms with Crippen LogP contribution in [0.15, 0.2) is 46.7 Å². The summed E-state index contributed by atoms with van der Waals surface area (Å²) in [7, 11) is 0. The number of thioether (sulfide) groups is 1. The van der Waals surface area contributed by atoms with Crippen molar-refractivity contribution in [3.05, 3.63) is 52.2 Å². The number of hydrogen-bond donors (Lipinski definition) is 2. The van der Waals surface area contributed by atoms with Gasteiger partial charge < -0.3 is 10.4 Å². The Morgan fingerprint density at radius 1 is 1.29 bits per heavy atom. The molecule has 1 amide bonds. The van der Waals surface area contributed by atoms with Crippen LogP contribution < -0.4 is 5.32 Å². The van der Waals surface area contributed by atoms with Crippen LogP contribution in [0.2, 0.25) is 0 Å². The highest BCUT2D eigenvalue weighted by molar-refractivity contribution is 8.00. The number of carbonyl (C=O) groups excluding carboxylic acids is 1. The van der Waals surface area contributed by atoms with Crippen molar-refractivity contribution < 1.29 is 14.7 Å². The summed E-state index contributed by atoms with van der Waals surface area (Å²) in [5.41, 5.74) is 0.223. The number of carbonyl (C=O) groups is 2. The van der Waals surface area contributed by atoms with Crippen molar-refractivity contribution in [1.82, 2.24) is 5.32 Å². The third kappa shape index (κ3) is 4.34. The zero-order valence-electron chi connectivity index (χ0n) is 11.4. The number of amides is 1. The number of aromatic carboxylic acids is 1. The summed E-state index contributed by atoms with van der Waals surface area (Å²) in [4.78, 5) is 24.9. The molecule has 2 N–H and O–H groups in total. The summed E-state index contributed by atoms with van der Waals surface area (Å²) in [5, 5.41) is 13.6. The van der Waals surface area contributed by atoms with Gasteiger partial charge in [0.15, 0.2) is 0 Å². The van der Waals surface area contributed by atoms with E-state index in [0.717, 1.165) is 4.88 Å². The third-order valence-electron chi connectivity index (χ3n) is 2.81. The Morgan fingerprint density at radius 3 is 2.71 bits per heavy atom. The van der Waals surface area contributed by atoms with E-state index in [1.165, 1.54) is 11.8 Å².